The third-order valence-electron chi connectivity index (χ3n) is 2.56. The molecule has 20 heavy (non-hydrogen) atoms. The van der Waals surface area contributed by atoms with Crippen LogP contribution in [0.4, 0.5) is 18.9 Å². The molecule has 1 amide bonds. The van der Waals surface area contributed by atoms with Gasteiger partial charge in [-0.1, -0.05) is 15.9 Å². The van der Waals surface area contributed by atoms with E-state index in [9.17, 15) is 18.0 Å². The van der Waals surface area contributed by atoms with Gasteiger partial charge in [-0.3, -0.25) is 9.89 Å². The summed E-state index contributed by atoms with van der Waals surface area (Å²) in [6.45, 7) is 1.64. The minimum atomic E-state index is -4.48. The Bertz CT molecular complexity index is 652. The van der Waals surface area contributed by atoms with Crippen LogP contribution in [-0.2, 0) is 6.18 Å². The van der Waals surface area contributed by atoms with Crippen molar-refractivity contribution in [2.45, 2.75) is 13.1 Å². The number of aromatic nitrogens is 2. The van der Waals surface area contributed by atoms with Gasteiger partial charge in [0, 0.05) is 15.9 Å². The summed E-state index contributed by atoms with van der Waals surface area (Å²) in [7, 11) is 0. The quantitative estimate of drug-likeness (QED) is 0.869. The third-order valence-corrected chi connectivity index (χ3v) is 3.02. The van der Waals surface area contributed by atoms with Crippen LogP contribution in [0, 0.1) is 6.92 Å². The van der Waals surface area contributed by atoms with E-state index in [1.165, 1.54) is 12.3 Å². The summed E-state index contributed by atoms with van der Waals surface area (Å²) in [5.74, 6) is -0.525. The maximum Gasteiger partial charge on any atom is 0.416 e. The first-order chi connectivity index (χ1) is 9.27. The average Bonchev–Trinajstić information content (AvgIpc) is 2.73. The Balaban J connectivity index is 2.28. The number of benzene rings is 1. The number of aromatic amines is 1. The largest absolute Gasteiger partial charge is 0.416 e. The molecule has 0 fully saturated rings. The number of carbonyl (C=O) groups is 1. The van der Waals surface area contributed by atoms with Gasteiger partial charge >= 0.3 is 6.18 Å². The maximum atomic E-state index is 12.7. The molecule has 0 atom stereocenters. The Labute approximate surface area is 120 Å². The van der Waals surface area contributed by atoms with Crippen LogP contribution in [0.3, 0.4) is 0 Å². The predicted octanol–water partition coefficient (Wildman–Crippen LogP) is 3.75. The van der Waals surface area contributed by atoms with Gasteiger partial charge in [-0.2, -0.15) is 18.3 Å². The average molecular weight is 348 g/mol. The summed E-state index contributed by atoms with van der Waals surface area (Å²) < 4.78 is 38.3. The number of hydrogen-bond donors (Lipinski definition) is 2. The predicted molar refractivity (Wildman–Crippen MR) is 70.4 cm³/mol. The van der Waals surface area contributed by atoms with Gasteiger partial charge in [0.1, 0.15) is 0 Å². The number of carbonyl (C=O) groups excluding carboxylic acids is 1. The molecule has 0 radical (unpaired) electrons. The summed E-state index contributed by atoms with van der Waals surface area (Å²) in [5.41, 5.74) is 0.0236. The van der Waals surface area contributed by atoms with Gasteiger partial charge in [0.25, 0.3) is 5.91 Å². The Hall–Kier alpha value is -1.83. The number of rotatable bonds is 2. The van der Waals surface area contributed by atoms with Gasteiger partial charge in [0.15, 0.2) is 0 Å². The van der Waals surface area contributed by atoms with E-state index in [2.05, 4.69) is 31.4 Å². The molecule has 1 aromatic heterocycles. The standard InChI is InChI=1S/C12H9BrF3N3O/c1-6-10(5-17-19-6)11(20)18-9-3-7(12(14,15)16)2-8(13)4-9/h2-5H,1H3,(H,17,19)(H,18,20). The van der Waals surface area contributed by atoms with Crippen LogP contribution >= 0.6 is 15.9 Å². The van der Waals surface area contributed by atoms with Crippen LogP contribution in [-0.4, -0.2) is 16.1 Å². The molecule has 0 bridgehead atoms. The van der Waals surface area contributed by atoms with Gasteiger partial charge in [-0.15, -0.1) is 0 Å². The van der Waals surface area contributed by atoms with Gasteiger partial charge in [0.2, 0.25) is 0 Å². The number of aryl methyl sites for hydroxylation is 1. The molecular weight excluding hydrogens is 339 g/mol. The molecule has 8 heteroatoms. The van der Waals surface area contributed by atoms with Gasteiger partial charge in [0.05, 0.1) is 17.3 Å². The minimum Gasteiger partial charge on any atom is -0.322 e. The zero-order valence-electron chi connectivity index (χ0n) is 10.2. The van der Waals surface area contributed by atoms with Crippen LogP contribution in [0.5, 0.6) is 0 Å². The summed E-state index contributed by atoms with van der Waals surface area (Å²) >= 11 is 2.99. The number of alkyl halides is 3. The fourth-order valence-corrected chi connectivity index (χ4v) is 2.10. The van der Waals surface area contributed by atoms with Crippen molar-refractivity contribution in [1.29, 1.82) is 0 Å². The molecule has 0 spiro atoms. The maximum absolute atomic E-state index is 12.7. The van der Waals surface area contributed by atoms with E-state index < -0.39 is 17.6 Å². The van der Waals surface area contributed by atoms with E-state index in [0.717, 1.165) is 12.1 Å². The fourth-order valence-electron chi connectivity index (χ4n) is 1.60. The van der Waals surface area contributed by atoms with Gasteiger partial charge < -0.3 is 5.32 Å². The fraction of sp³-hybridized carbons (Fsp3) is 0.167. The smallest absolute Gasteiger partial charge is 0.322 e. The highest BCUT2D eigenvalue weighted by Crippen LogP contribution is 2.33. The van der Waals surface area contributed by atoms with Crippen LogP contribution in [0.2, 0.25) is 0 Å². The molecule has 0 aliphatic rings. The molecule has 2 rings (SSSR count). The second-order valence-electron chi connectivity index (χ2n) is 4.09. The summed E-state index contributed by atoms with van der Waals surface area (Å²) in [6.07, 6.45) is -3.16. The second-order valence-corrected chi connectivity index (χ2v) is 5.00. The van der Waals surface area contributed by atoms with Crippen molar-refractivity contribution in [2.75, 3.05) is 5.32 Å². The van der Waals surface area contributed by atoms with Crippen molar-refractivity contribution >= 4 is 27.5 Å². The Kier molecular flexibility index (Phi) is 3.85. The number of hydrogen-bond acceptors (Lipinski definition) is 2. The molecule has 1 aromatic carbocycles. The number of halogens is 4. The van der Waals surface area contributed by atoms with Crippen LogP contribution in [0.1, 0.15) is 21.6 Å². The van der Waals surface area contributed by atoms with Crippen LogP contribution in [0.15, 0.2) is 28.9 Å². The van der Waals surface area contributed by atoms with E-state index >= 15 is 0 Å². The first kappa shape index (κ1) is 14.6. The first-order valence-electron chi connectivity index (χ1n) is 5.46. The molecule has 0 saturated carbocycles. The number of nitrogens with one attached hydrogen (secondary N) is 2. The topological polar surface area (TPSA) is 57.8 Å². The lowest BCUT2D eigenvalue weighted by Gasteiger charge is -2.11. The second kappa shape index (κ2) is 5.28. The van der Waals surface area contributed by atoms with Gasteiger partial charge in [-0.25, -0.2) is 0 Å². The Morgan fingerprint density at radius 1 is 1.35 bits per heavy atom. The highest BCUT2D eigenvalue weighted by Gasteiger charge is 2.31. The zero-order chi connectivity index (χ0) is 14.9. The molecule has 2 N–H and O–H groups in total. The van der Waals surface area contributed by atoms with Crippen molar-refractivity contribution in [3.05, 3.63) is 45.7 Å². The Morgan fingerprint density at radius 2 is 2.05 bits per heavy atom. The molecular formula is C12H9BrF3N3O. The van der Waals surface area contributed by atoms with E-state index in [4.69, 9.17) is 0 Å². The van der Waals surface area contributed by atoms with Crippen molar-refractivity contribution < 1.29 is 18.0 Å². The van der Waals surface area contributed by atoms with Crippen LogP contribution in [0.25, 0.3) is 0 Å². The molecule has 0 unspecified atom stereocenters. The van der Waals surface area contributed by atoms with E-state index in [1.54, 1.807) is 6.92 Å². The Morgan fingerprint density at radius 3 is 2.60 bits per heavy atom. The molecule has 106 valence electrons. The lowest BCUT2D eigenvalue weighted by Crippen LogP contribution is -2.13. The normalized spacial score (nSPS) is 11.4. The van der Waals surface area contributed by atoms with E-state index in [1.807, 2.05) is 0 Å². The van der Waals surface area contributed by atoms with E-state index in [0.29, 0.717) is 5.69 Å². The molecule has 4 nitrogen and oxygen atoms in total. The molecule has 0 saturated heterocycles. The summed E-state index contributed by atoms with van der Waals surface area (Å²) in [5, 5.41) is 8.68. The van der Waals surface area contributed by atoms with Crippen molar-refractivity contribution in [3.8, 4) is 0 Å². The van der Waals surface area contributed by atoms with E-state index in [-0.39, 0.29) is 15.7 Å². The monoisotopic (exact) mass is 347 g/mol. The van der Waals surface area contributed by atoms with Crippen molar-refractivity contribution in [3.63, 3.8) is 0 Å². The van der Waals surface area contributed by atoms with Crippen molar-refractivity contribution in [1.82, 2.24) is 10.2 Å². The number of nitrogens with zero attached hydrogens (tertiary/aromatic N) is 1. The third kappa shape index (κ3) is 3.19. The van der Waals surface area contributed by atoms with Crippen molar-refractivity contribution in [2.24, 2.45) is 0 Å². The number of amides is 1. The highest BCUT2D eigenvalue weighted by atomic mass is 79.9. The molecule has 2 aromatic rings. The molecule has 0 aliphatic heterocycles. The minimum absolute atomic E-state index is 0.0531. The summed E-state index contributed by atoms with van der Waals surface area (Å²) in [4.78, 5) is 11.9. The SMILES string of the molecule is Cc1[nH]ncc1C(=O)Nc1cc(Br)cc(C(F)(F)F)c1. The lowest BCUT2D eigenvalue weighted by atomic mass is 10.2. The zero-order valence-corrected chi connectivity index (χ0v) is 11.8. The molecule has 1 heterocycles. The number of H-pyrrole nitrogens is 1. The highest BCUT2D eigenvalue weighted by molar-refractivity contribution is 9.10. The summed E-state index contributed by atoms with van der Waals surface area (Å²) in [6, 6.07) is 3.21. The molecule has 0 aliphatic carbocycles. The lowest BCUT2D eigenvalue weighted by molar-refractivity contribution is -0.137. The first-order valence-corrected chi connectivity index (χ1v) is 6.26. The van der Waals surface area contributed by atoms with Crippen LogP contribution < -0.4 is 5.32 Å². The van der Waals surface area contributed by atoms with Gasteiger partial charge in [-0.05, 0) is 25.1 Å². The number of anilines is 1.